The van der Waals surface area contributed by atoms with Crippen LogP contribution >= 0.6 is 0 Å². The van der Waals surface area contributed by atoms with E-state index < -0.39 is 15.6 Å². The monoisotopic (exact) mass is 625 g/mol. The lowest BCUT2D eigenvalue weighted by molar-refractivity contribution is -0.140. The van der Waals surface area contributed by atoms with E-state index in [-0.39, 0.29) is 57.4 Å². The summed E-state index contributed by atoms with van der Waals surface area (Å²) in [4.78, 5) is 26.6. The third-order valence-electron chi connectivity index (χ3n) is 7.56. The van der Waals surface area contributed by atoms with Gasteiger partial charge in [-0.15, -0.1) is 0 Å². The Balaban J connectivity index is 1.46. The molecular weight excluding hydrogens is 590 g/mol. The van der Waals surface area contributed by atoms with Crippen molar-refractivity contribution in [2.75, 3.05) is 46.7 Å². The predicted molar refractivity (Wildman–Crippen MR) is 161 cm³/mol. The summed E-state index contributed by atoms with van der Waals surface area (Å²) in [5, 5.41) is 5.79. The summed E-state index contributed by atoms with van der Waals surface area (Å²) < 4.78 is 54.9. The van der Waals surface area contributed by atoms with Gasteiger partial charge in [0, 0.05) is 49.7 Å². The normalized spacial score (nSPS) is 17.6. The molecule has 2 amide bonds. The number of hydrogen-bond acceptors (Lipinski definition) is 9. The molecule has 0 aromatic heterocycles. The van der Waals surface area contributed by atoms with E-state index in [0.717, 1.165) is 6.26 Å². The van der Waals surface area contributed by atoms with Crippen LogP contribution in [0.2, 0.25) is 0 Å². The smallest absolute Gasteiger partial charge is 0.264 e. The Labute approximate surface area is 256 Å². The molecule has 13 heteroatoms. The zero-order valence-corrected chi connectivity index (χ0v) is 25.6. The number of nitrogens with zero attached hydrogens (tertiary/aromatic N) is 1. The quantitative estimate of drug-likeness (QED) is 0.449. The summed E-state index contributed by atoms with van der Waals surface area (Å²) in [7, 11) is -0.399. The van der Waals surface area contributed by atoms with E-state index in [4.69, 9.17) is 23.7 Å². The minimum atomic E-state index is -3.42. The van der Waals surface area contributed by atoms with Crippen molar-refractivity contribution in [3.63, 3.8) is 0 Å². The van der Waals surface area contributed by atoms with Crippen molar-refractivity contribution in [1.82, 2.24) is 14.9 Å². The predicted octanol–water partition coefficient (Wildman–Crippen LogP) is 3.11. The molecule has 234 valence electrons. The van der Waals surface area contributed by atoms with Crippen molar-refractivity contribution in [2.24, 2.45) is 0 Å². The molecule has 6 bridgehead atoms. The maximum absolute atomic E-state index is 13.8. The van der Waals surface area contributed by atoms with E-state index >= 15 is 0 Å². The molecule has 1 spiro atoms. The first kappa shape index (κ1) is 31.0. The molecule has 3 aromatic rings. The summed E-state index contributed by atoms with van der Waals surface area (Å²) in [6.45, 7) is 0.858. The van der Waals surface area contributed by atoms with Gasteiger partial charge in [0.25, 0.3) is 11.8 Å². The fourth-order valence-electron chi connectivity index (χ4n) is 5.12. The Morgan fingerprint density at radius 2 is 1.52 bits per heavy atom. The number of ether oxygens (including phenoxy) is 5. The Morgan fingerprint density at radius 1 is 0.841 bits per heavy atom. The van der Waals surface area contributed by atoms with Crippen molar-refractivity contribution >= 4 is 21.8 Å². The highest BCUT2D eigenvalue weighted by Crippen LogP contribution is 2.35. The van der Waals surface area contributed by atoms with Crippen LogP contribution in [0, 0.1) is 0 Å². The molecule has 0 aliphatic carbocycles. The first-order chi connectivity index (χ1) is 21.1. The number of amides is 2. The van der Waals surface area contributed by atoms with Crippen LogP contribution in [-0.4, -0.2) is 76.9 Å². The molecule has 0 unspecified atom stereocenters. The highest BCUT2D eigenvalue weighted by atomic mass is 32.2. The number of hydrogen-bond donors (Lipinski definition) is 2. The number of benzene rings is 3. The molecule has 44 heavy (non-hydrogen) atoms. The zero-order valence-electron chi connectivity index (χ0n) is 24.8. The lowest BCUT2D eigenvalue weighted by atomic mass is 9.90. The molecule has 0 saturated carbocycles. The Hall–Kier alpha value is -4.49. The average Bonchev–Trinajstić information content (AvgIpc) is 3.02. The van der Waals surface area contributed by atoms with Crippen LogP contribution in [-0.2, 0) is 21.4 Å². The molecule has 12 nitrogen and oxygen atoms in total. The second-order valence-electron chi connectivity index (χ2n) is 10.5. The molecule has 1 fully saturated rings. The summed E-state index contributed by atoms with van der Waals surface area (Å²) in [6, 6.07) is 16.9. The highest BCUT2D eigenvalue weighted by molar-refractivity contribution is 7.88. The van der Waals surface area contributed by atoms with Crippen molar-refractivity contribution in [2.45, 2.75) is 25.0 Å². The number of rotatable bonds is 3. The maximum Gasteiger partial charge on any atom is 0.264 e. The van der Waals surface area contributed by atoms with Crippen molar-refractivity contribution in [1.29, 1.82) is 0 Å². The molecule has 2 N–H and O–H groups in total. The highest BCUT2D eigenvalue weighted by Gasteiger charge is 2.45. The van der Waals surface area contributed by atoms with Gasteiger partial charge in [0.15, 0.2) is 17.1 Å². The molecular formula is C31H35N3O9S. The van der Waals surface area contributed by atoms with Crippen LogP contribution in [0.5, 0.6) is 34.5 Å². The molecule has 3 aromatic carbocycles. The number of sulfonamides is 1. The van der Waals surface area contributed by atoms with Gasteiger partial charge in [-0.1, -0.05) is 0 Å². The molecule has 5 aliphatic heterocycles. The SMILES string of the molecule is COc1cc2ccc1CNC(=O)C1(CCN(S(C)(=O)=O)CC1)Oc1ccc(cc1)OCCNC(=O)c1ccc(OC)c(c1)O2. The second kappa shape index (κ2) is 13.0. The van der Waals surface area contributed by atoms with Gasteiger partial charge in [0.1, 0.15) is 29.6 Å². The summed E-state index contributed by atoms with van der Waals surface area (Å²) in [6.07, 6.45) is 1.48. The molecule has 8 rings (SSSR count). The molecule has 0 radical (unpaired) electrons. The van der Waals surface area contributed by atoms with Crippen LogP contribution in [0.3, 0.4) is 0 Å². The minimum Gasteiger partial charge on any atom is -0.496 e. The van der Waals surface area contributed by atoms with Gasteiger partial charge < -0.3 is 34.3 Å². The van der Waals surface area contributed by atoms with Gasteiger partial charge in [0.05, 0.1) is 27.0 Å². The van der Waals surface area contributed by atoms with Crippen LogP contribution in [0.1, 0.15) is 28.8 Å². The van der Waals surface area contributed by atoms with Crippen LogP contribution in [0.4, 0.5) is 0 Å². The molecule has 1 saturated heterocycles. The third kappa shape index (κ3) is 7.00. The number of methoxy groups -OCH3 is 2. The Morgan fingerprint density at radius 3 is 2.20 bits per heavy atom. The number of piperidine rings is 1. The van der Waals surface area contributed by atoms with Gasteiger partial charge in [-0.2, -0.15) is 0 Å². The Kier molecular flexibility index (Phi) is 9.16. The lowest BCUT2D eigenvalue weighted by Crippen LogP contribution is -2.57. The van der Waals surface area contributed by atoms with E-state index in [1.54, 1.807) is 60.7 Å². The fourth-order valence-corrected chi connectivity index (χ4v) is 5.96. The summed E-state index contributed by atoms with van der Waals surface area (Å²) in [5.74, 6) is 1.98. The molecule has 0 atom stereocenters. The van der Waals surface area contributed by atoms with Gasteiger partial charge in [-0.05, 0) is 54.6 Å². The largest absolute Gasteiger partial charge is 0.496 e. The average molecular weight is 626 g/mol. The number of carbonyl (C=O) groups is 2. The first-order valence-corrected chi connectivity index (χ1v) is 15.9. The van der Waals surface area contributed by atoms with Crippen LogP contribution in [0.15, 0.2) is 60.7 Å². The number of carbonyl (C=O) groups excluding carboxylic acids is 2. The van der Waals surface area contributed by atoms with Crippen LogP contribution in [0.25, 0.3) is 0 Å². The minimum absolute atomic E-state index is 0.120. The van der Waals surface area contributed by atoms with Crippen molar-refractivity contribution in [3.05, 3.63) is 71.8 Å². The standard InChI is InChI=1S/C31H35N3O9S/c1-39-26-11-5-21-18-28(26)42-25-6-4-22(27(19-25)40-2)20-33-30(36)31(12-15-34(16-13-31)44(3,37)38)43-24-9-7-23(8-10-24)41-17-14-32-29(21)35/h4-11,18-19H,12-17,20H2,1-3H3,(H,32,35)(H,33,36). The van der Waals surface area contributed by atoms with Gasteiger partial charge in [-0.3, -0.25) is 9.59 Å². The summed E-state index contributed by atoms with van der Waals surface area (Å²) in [5.41, 5.74) is -0.240. The Bertz CT molecular complexity index is 1620. The van der Waals surface area contributed by atoms with Crippen molar-refractivity contribution < 1.29 is 41.7 Å². The van der Waals surface area contributed by atoms with E-state index in [1.807, 2.05) is 0 Å². The van der Waals surface area contributed by atoms with Gasteiger partial charge in [0.2, 0.25) is 10.0 Å². The number of nitrogens with one attached hydrogen (secondary N) is 2. The topological polar surface area (TPSA) is 142 Å². The fraction of sp³-hybridized carbons (Fsp3) is 0.355. The maximum atomic E-state index is 13.8. The first-order valence-electron chi connectivity index (χ1n) is 14.1. The molecule has 5 heterocycles. The van der Waals surface area contributed by atoms with E-state index in [1.165, 1.54) is 18.5 Å². The van der Waals surface area contributed by atoms with E-state index in [9.17, 15) is 18.0 Å². The molecule has 5 aliphatic rings. The second-order valence-corrected chi connectivity index (χ2v) is 12.4. The van der Waals surface area contributed by atoms with Crippen LogP contribution < -0.4 is 34.3 Å². The van der Waals surface area contributed by atoms with Gasteiger partial charge >= 0.3 is 0 Å². The lowest BCUT2D eigenvalue weighted by Gasteiger charge is -2.39. The third-order valence-corrected chi connectivity index (χ3v) is 8.86. The van der Waals surface area contributed by atoms with E-state index in [0.29, 0.717) is 45.6 Å². The van der Waals surface area contributed by atoms with Crippen molar-refractivity contribution in [3.8, 4) is 34.5 Å². The van der Waals surface area contributed by atoms with E-state index in [2.05, 4.69) is 10.6 Å². The summed E-state index contributed by atoms with van der Waals surface area (Å²) >= 11 is 0. The van der Waals surface area contributed by atoms with Gasteiger partial charge in [-0.25, -0.2) is 12.7 Å². The zero-order chi connectivity index (χ0) is 31.3.